The Kier molecular flexibility index (Phi) is 4.04. The molecule has 1 aromatic heterocycles. The summed E-state index contributed by atoms with van der Waals surface area (Å²) in [6.45, 7) is 1.69. The molecule has 0 unspecified atom stereocenters. The first-order valence-corrected chi connectivity index (χ1v) is 6.21. The SMILES string of the molecule is C[C@@H](O)CNc1c(C(=O)O)cnc2ccc(C(=O)O)cc12. The Morgan fingerprint density at radius 1 is 1.29 bits per heavy atom. The summed E-state index contributed by atoms with van der Waals surface area (Å²) in [5, 5.41) is 30.8. The van der Waals surface area contributed by atoms with Crippen LogP contribution in [0.15, 0.2) is 24.4 Å². The van der Waals surface area contributed by atoms with Crippen molar-refractivity contribution in [1.29, 1.82) is 0 Å². The number of carboxylic acid groups (broad SMARTS) is 2. The number of aromatic nitrogens is 1. The molecule has 0 fully saturated rings. The zero-order chi connectivity index (χ0) is 15.6. The lowest BCUT2D eigenvalue weighted by Gasteiger charge is -2.14. The summed E-state index contributed by atoms with van der Waals surface area (Å²) in [5.41, 5.74) is 0.673. The minimum Gasteiger partial charge on any atom is -0.478 e. The van der Waals surface area contributed by atoms with Crippen molar-refractivity contribution in [3.05, 3.63) is 35.5 Å². The van der Waals surface area contributed by atoms with Gasteiger partial charge in [0, 0.05) is 18.1 Å². The Morgan fingerprint density at radius 3 is 2.57 bits per heavy atom. The van der Waals surface area contributed by atoms with Gasteiger partial charge in [0.1, 0.15) is 5.56 Å². The van der Waals surface area contributed by atoms with Crippen LogP contribution in [0.25, 0.3) is 10.9 Å². The fourth-order valence-electron chi connectivity index (χ4n) is 1.93. The van der Waals surface area contributed by atoms with Crippen LogP contribution in [0.5, 0.6) is 0 Å². The predicted molar refractivity (Wildman–Crippen MR) is 75.8 cm³/mol. The van der Waals surface area contributed by atoms with E-state index in [0.717, 1.165) is 0 Å². The zero-order valence-corrected chi connectivity index (χ0v) is 11.2. The van der Waals surface area contributed by atoms with Crippen LogP contribution in [0, 0.1) is 0 Å². The molecule has 4 N–H and O–H groups in total. The van der Waals surface area contributed by atoms with Crippen LogP contribution in [0.1, 0.15) is 27.6 Å². The van der Waals surface area contributed by atoms with E-state index in [2.05, 4.69) is 10.3 Å². The van der Waals surface area contributed by atoms with Crippen molar-refractivity contribution in [2.45, 2.75) is 13.0 Å². The van der Waals surface area contributed by atoms with Crippen molar-refractivity contribution in [2.24, 2.45) is 0 Å². The molecule has 21 heavy (non-hydrogen) atoms. The van der Waals surface area contributed by atoms with Gasteiger partial charge in [-0.1, -0.05) is 0 Å². The van der Waals surface area contributed by atoms with Gasteiger partial charge < -0.3 is 20.6 Å². The Balaban J connectivity index is 2.65. The molecule has 1 aromatic carbocycles. The Labute approximate surface area is 119 Å². The highest BCUT2D eigenvalue weighted by atomic mass is 16.4. The van der Waals surface area contributed by atoms with E-state index in [1.165, 1.54) is 24.4 Å². The molecule has 0 aliphatic heterocycles. The maximum atomic E-state index is 11.3. The summed E-state index contributed by atoms with van der Waals surface area (Å²) in [6, 6.07) is 4.27. The largest absolute Gasteiger partial charge is 0.478 e. The monoisotopic (exact) mass is 290 g/mol. The molecule has 2 rings (SSSR count). The molecule has 2 aromatic rings. The van der Waals surface area contributed by atoms with Gasteiger partial charge in [0.15, 0.2) is 0 Å². The third kappa shape index (κ3) is 3.09. The molecule has 7 nitrogen and oxygen atoms in total. The lowest BCUT2D eigenvalue weighted by molar-refractivity contribution is 0.0687. The highest BCUT2D eigenvalue weighted by molar-refractivity contribution is 6.06. The number of aliphatic hydroxyl groups is 1. The molecule has 0 saturated heterocycles. The normalized spacial score (nSPS) is 12.1. The second-order valence-corrected chi connectivity index (χ2v) is 4.62. The number of aromatic carboxylic acids is 2. The van der Waals surface area contributed by atoms with Crippen LogP contribution in [0.4, 0.5) is 5.69 Å². The first-order chi connectivity index (χ1) is 9.90. The Bertz CT molecular complexity index is 707. The van der Waals surface area contributed by atoms with Gasteiger partial charge in [-0.2, -0.15) is 0 Å². The van der Waals surface area contributed by atoms with Gasteiger partial charge in [-0.15, -0.1) is 0 Å². The molecule has 0 bridgehead atoms. The van der Waals surface area contributed by atoms with Gasteiger partial charge in [0.25, 0.3) is 0 Å². The third-order valence-corrected chi connectivity index (χ3v) is 2.92. The van der Waals surface area contributed by atoms with Gasteiger partial charge in [-0.25, -0.2) is 9.59 Å². The number of hydrogen-bond acceptors (Lipinski definition) is 5. The lowest BCUT2D eigenvalue weighted by Crippen LogP contribution is -2.17. The number of carbonyl (C=O) groups is 2. The molecule has 0 spiro atoms. The van der Waals surface area contributed by atoms with Crippen LogP contribution < -0.4 is 5.32 Å². The van der Waals surface area contributed by atoms with E-state index in [-0.39, 0.29) is 23.4 Å². The second-order valence-electron chi connectivity index (χ2n) is 4.62. The van der Waals surface area contributed by atoms with E-state index in [9.17, 15) is 19.8 Å². The number of aliphatic hydroxyl groups excluding tert-OH is 1. The molecule has 110 valence electrons. The minimum atomic E-state index is -1.18. The molecule has 0 amide bonds. The summed E-state index contributed by atoms with van der Waals surface area (Å²) in [4.78, 5) is 26.3. The van der Waals surface area contributed by atoms with Crippen molar-refractivity contribution in [3.63, 3.8) is 0 Å². The van der Waals surface area contributed by atoms with Crippen molar-refractivity contribution in [1.82, 2.24) is 4.98 Å². The number of rotatable bonds is 5. The number of nitrogens with zero attached hydrogens (tertiary/aromatic N) is 1. The summed E-state index contributed by atoms with van der Waals surface area (Å²) >= 11 is 0. The first-order valence-electron chi connectivity index (χ1n) is 6.21. The van der Waals surface area contributed by atoms with Crippen LogP contribution in [-0.2, 0) is 0 Å². The smallest absolute Gasteiger partial charge is 0.339 e. The average molecular weight is 290 g/mol. The number of benzene rings is 1. The molecule has 0 aliphatic rings. The maximum Gasteiger partial charge on any atom is 0.339 e. The number of pyridine rings is 1. The number of carboxylic acids is 2. The van der Waals surface area contributed by atoms with E-state index in [1.54, 1.807) is 6.92 Å². The van der Waals surface area contributed by atoms with Crippen molar-refractivity contribution < 1.29 is 24.9 Å². The molecule has 1 heterocycles. The van der Waals surface area contributed by atoms with E-state index in [4.69, 9.17) is 5.11 Å². The lowest BCUT2D eigenvalue weighted by atomic mass is 10.1. The molecule has 1 atom stereocenters. The van der Waals surface area contributed by atoms with Crippen LogP contribution in [0.2, 0.25) is 0 Å². The van der Waals surface area contributed by atoms with Gasteiger partial charge in [0.05, 0.1) is 22.9 Å². The van der Waals surface area contributed by atoms with Gasteiger partial charge in [-0.3, -0.25) is 4.98 Å². The van der Waals surface area contributed by atoms with E-state index >= 15 is 0 Å². The zero-order valence-electron chi connectivity index (χ0n) is 11.2. The predicted octanol–water partition coefficient (Wildman–Crippen LogP) is 1.42. The summed E-state index contributed by atoms with van der Waals surface area (Å²) < 4.78 is 0. The second kappa shape index (κ2) is 5.76. The van der Waals surface area contributed by atoms with E-state index < -0.39 is 18.0 Å². The summed E-state index contributed by atoms with van der Waals surface area (Å²) in [5.74, 6) is -2.29. The maximum absolute atomic E-state index is 11.3. The average Bonchev–Trinajstić information content (AvgIpc) is 2.43. The standard InChI is InChI=1S/C14H14N2O5/c1-7(17)5-16-12-9-4-8(13(18)19)2-3-11(9)15-6-10(12)14(20)21/h2-4,6-7,17H,5H2,1H3,(H,15,16)(H,18,19)(H,20,21)/t7-/m1/s1. The van der Waals surface area contributed by atoms with Gasteiger partial charge in [-0.05, 0) is 25.1 Å². The molecule has 0 saturated carbocycles. The van der Waals surface area contributed by atoms with Crippen LogP contribution >= 0.6 is 0 Å². The van der Waals surface area contributed by atoms with E-state index in [1.807, 2.05) is 0 Å². The van der Waals surface area contributed by atoms with Crippen molar-refractivity contribution in [3.8, 4) is 0 Å². The summed E-state index contributed by atoms with van der Waals surface area (Å²) in [7, 11) is 0. The molecular weight excluding hydrogens is 276 g/mol. The van der Waals surface area contributed by atoms with E-state index in [0.29, 0.717) is 10.9 Å². The molecule has 0 aliphatic carbocycles. The van der Waals surface area contributed by atoms with Crippen molar-refractivity contribution in [2.75, 3.05) is 11.9 Å². The number of nitrogens with one attached hydrogen (secondary N) is 1. The highest BCUT2D eigenvalue weighted by Crippen LogP contribution is 2.27. The van der Waals surface area contributed by atoms with Crippen molar-refractivity contribution >= 4 is 28.5 Å². The third-order valence-electron chi connectivity index (χ3n) is 2.92. The van der Waals surface area contributed by atoms with Gasteiger partial charge in [0.2, 0.25) is 0 Å². The number of hydrogen-bond donors (Lipinski definition) is 4. The number of fused-ring (bicyclic) bond motifs is 1. The molecular formula is C14H14N2O5. The summed E-state index contributed by atoms with van der Waals surface area (Å²) in [6.07, 6.45) is 0.521. The minimum absolute atomic E-state index is 0.0342. The number of anilines is 1. The van der Waals surface area contributed by atoms with Crippen LogP contribution in [-0.4, -0.2) is 44.9 Å². The molecule has 0 radical (unpaired) electrons. The highest BCUT2D eigenvalue weighted by Gasteiger charge is 2.16. The van der Waals surface area contributed by atoms with Crippen LogP contribution in [0.3, 0.4) is 0 Å². The topological polar surface area (TPSA) is 120 Å². The Hall–Kier alpha value is -2.67. The molecule has 7 heteroatoms. The van der Waals surface area contributed by atoms with Gasteiger partial charge >= 0.3 is 11.9 Å². The fourth-order valence-corrected chi connectivity index (χ4v) is 1.93. The fraction of sp³-hybridized carbons (Fsp3) is 0.214. The Morgan fingerprint density at radius 2 is 2.00 bits per heavy atom. The first kappa shape index (κ1) is 14.7. The quantitative estimate of drug-likeness (QED) is 0.657.